The van der Waals surface area contributed by atoms with Crippen LogP contribution in [0.4, 0.5) is 0 Å². The molecule has 0 aromatic heterocycles. The minimum Gasteiger partial charge on any atom is -0.380 e. The van der Waals surface area contributed by atoms with E-state index in [1.807, 2.05) is 24.3 Å². The van der Waals surface area contributed by atoms with Gasteiger partial charge in [0, 0.05) is 7.11 Å². The molecule has 0 amide bonds. The van der Waals surface area contributed by atoms with E-state index in [4.69, 9.17) is 8.92 Å². The summed E-state index contributed by atoms with van der Waals surface area (Å²) < 4.78 is 34.0. The summed E-state index contributed by atoms with van der Waals surface area (Å²) in [7, 11) is -2.10. The van der Waals surface area contributed by atoms with Gasteiger partial charge in [-0.2, -0.15) is 8.42 Å². The predicted octanol–water partition coefficient (Wildman–Crippen LogP) is 2.74. The third-order valence-corrected chi connectivity index (χ3v) is 3.99. The summed E-state index contributed by atoms with van der Waals surface area (Å²) in [4.78, 5) is 0.160. The molecule has 0 unspecified atom stereocenters. The summed E-state index contributed by atoms with van der Waals surface area (Å²) in [5.41, 5.74) is 1.77. The first-order chi connectivity index (χ1) is 9.62. The molecule has 0 aliphatic rings. The Labute approximate surface area is 119 Å². The fourth-order valence-electron chi connectivity index (χ4n) is 1.78. The first-order valence-corrected chi connectivity index (χ1v) is 7.54. The molecule has 2 aromatic carbocycles. The molecule has 0 spiro atoms. The molecule has 106 valence electrons. The maximum Gasteiger partial charge on any atom is 0.297 e. The molecule has 0 saturated heterocycles. The van der Waals surface area contributed by atoms with Crippen LogP contribution in [0.25, 0.3) is 0 Å². The van der Waals surface area contributed by atoms with Crippen LogP contribution in [-0.4, -0.2) is 15.5 Å². The van der Waals surface area contributed by atoms with Gasteiger partial charge in [0.1, 0.15) is 0 Å². The van der Waals surface area contributed by atoms with Gasteiger partial charge >= 0.3 is 0 Å². The number of rotatable bonds is 6. The van der Waals surface area contributed by atoms with E-state index >= 15 is 0 Å². The highest BCUT2D eigenvalue weighted by molar-refractivity contribution is 7.86. The van der Waals surface area contributed by atoms with Crippen molar-refractivity contribution >= 4 is 10.1 Å². The van der Waals surface area contributed by atoms with Crippen LogP contribution in [0.15, 0.2) is 59.5 Å². The third kappa shape index (κ3) is 3.90. The maximum atomic E-state index is 12.0. The van der Waals surface area contributed by atoms with Crippen molar-refractivity contribution in [2.45, 2.75) is 18.1 Å². The molecule has 4 nitrogen and oxygen atoms in total. The van der Waals surface area contributed by atoms with Crippen molar-refractivity contribution in [1.82, 2.24) is 0 Å². The van der Waals surface area contributed by atoms with Crippen molar-refractivity contribution in [3.8, 4) is 0 Å². The van der Waals surface area contributed by atoms with E-state index in [1.54, 1.807) is 25.3 Å². The summed E-state index contributed by atoms with van der Waals surface area (Å²) in [5, 5.41) is 0. The van der Waals surface area contributed by atoms with Gasteiger partial charge in [0.15, 0.2) is 0 Å². The molecule has 20 heavy (non-hydrogen) atoms. The molecular weight excluding hydrogens is 276 g/mol. The highest BCUT2D eigenvalue weighted by Gasteiger charge is 2.14. The van der Waals surface area contributed by atoms with Crippen LogP contribution in [0, 0.1) is 0 Å². The second-order valence-corrected chi connectivity index (χ2v) is 5.90. The van der Waals surface area contributed by atoms with E-state index in [1.165, 1.54) is 12.1 Å². The molecule has 0 atom stereocenters. The lowest BCUT2D eigenvalue weighted by atomic mass is 10.1. The fraction of sp³-hybridized carbons (Fsp3) is 0.200. The van der Waals surface area contributed by atoms with E-state index in [0.29, 0.717) is 6.61 Å². The van der Waals surface area contributed by atoms with Crippen molar-refractivity contribution < 1.29 is 17.3 Å². The van der Waals surface area contributed by atoms with E-state index in [9.17, 15) is 8.42 Å². The highest BCUT2D eigenvalue weighted by atomic mass is 32.2. The molecule has 0 aliphatic carbocycles. The molecular formula is C15H16O4S. The fourth-order valence-corrected chi connectivity index (χ4v) is 2.69. The van der Waals surface area contributed by atoms with Gasteiger partial charge in [-0.25, -0.2) is 0 Å². The average Bonchev–Trinajstić information content (AvgIpc) is 2.47. The van der Waals surface area contributed by atoms with E-state index in [-0.39, 0.29) is 11.5 Å². The summed E-state index contributed by atoms with van der Waals surface area (Å²) >= 11 is 0. The second-order valence-electron chi connectivity index (χ2n) is 4.28. The molecule has 2 aromatic rings. The van der Waals surface area contributed by atoms with E-state index in [0.717, 1.165) is 11.1 Å². The Morgan fingerprint density at radius 3 is 2.20 bits per heavy atom. The van der Waals surface area contributed by atoms with Crippen molar-refractivity contribution in [2.24, 2.45) is 0 Å². The van der Waals surface area contributed by atoms with E-state index in [2.05, 4.69) is 0 Å². The number of benzene rings is 2. The topological polar surface area (TPSA) is 52.6 Å². The Hall–Kier alpha value is -1.69. The first kappa shape index (κ1) is 14.7. The standard InChI is InChI=1S/C15H16O4S/c1-18-11-13-6-5-7-14(10-13)12-19-20(16,17)15-8-3-2-4-9-15/h2-10H,11-12H2,1H3. The number of methoxy groups -OCH3 is 1. The van der Waals surface area contributed by atoms with Gasteiger partial charge in [0.2, 0.25) is 0 Å². The lowest BCUT2D eigenvalue weighted by Gasteiger charge is -2.07. The molecule has 0 saturated carbocycles. The number of hydrogen-bond donors (Lipinski definition) is 0. The van der Waals surface area contributed by atoms with Gasteiger partial charge in [-0.05, 0) is 23.3 Å². The molecule has 0 radical (unpaired) electrons. The average molecular weight is 292 g/mol. The second kappa shape index (κ2) is 6.65. The Kier molecular flexibility index (Phi) is 4.89. The SMILES string of the molecule is COCc1cccc(COS(=O)(=O)c2ccccc2)c1. The molecule has 5 heteroatoms. The molecule has 2 rings (SSSR count). The van der Waals surface area contributed by atoms with Crippen LogP contribution in [0.3, 0.4) is 0 Å². The largest absolute Gasteiger partial charge is 0.380 e. The van der Waals surface area contributed by atoms with Crippen LogP contribution in [0.5, 0.6) is 0 Å². The van der Waals surface area contributed by atoms with Crippen molar-refractivity contribution in [3.63, 3.8) is 0 Å². The van der Waals surface area contributed by atoms with Gasteiger partial charge in [0.25, 0.3) is 10.1 Å². The highest BCUT2D eigenvalue weighted by Crippen LogP contribution is 2.15. The Balaban J connectivity index is 2.07. The van der Waals surface area contributed by atoms with E-state index < -0.39 is 10.1 Å². The smallest absolute Gasteiger partial charge is 0.297 e. The minimum absolute atomic E-state index is 0.00871. The van der Waals surface area contributed by atoms with Crippen LogP contribution < -0.4 is 0 Å². The zero-order valence-electron chi connectivity index (χ0n) is 11.2. The van der Waals surface area contributed by atoms with Gasteiger partial charge in [-0.3, -0.25) is 4.18 Å². The zero-order chi connectivity index (χ0) is 14.4. The third-order valence-electron chi connectivity index (χ3n) is 2.72. The van der Waals surface area contributed by atoms with Crippen molar-refractivity contribution in [2.75, 3.05) is 7.11 Å². The quantitative estimate of drug-likeness (QED) is 0.768. The van der Waals surface area contributed by atoms with Crippen LogP contribution in [0.2, 0.25) is 0 Å². The lowest BCUT2D eigenvalue weighted by molar-refractivity contribution is 0.184. The lowest BCUT2D eigenvalue weighted by Crippen LogP contribution is -2.06. The van der Waals surface area contributed by atoms with Crippen molar-refractivity contribution in [3.05, 3.63) is 65.7 Å². The summed E-state index contributed by atoms with van der Waals surface area (Å²) in [5.74, 6) is 0. The normalized spacial score (nSPS) is 11.4. The maximum absolute atomic E-state index is 12.0. The predicted molar refractivity (Wildman–Crippen MR) is 75.6 cm³/mol. The van der Waals surface area contributed by atoms with Gasteiger partial charge in [-0.15, -0.1) is 0 Å². The molecule has 0 heterocycles. The van der Waals surface area contributed by atoms with Crippen molar-refractivity contribution in [1.29, 1.82) is 0 Å². The van der Waals surface area contributed by atoms with Gasteiger partial charge in [0.05, 0.1) is 18.1 Å². The Morgan fingerprint density at radius 1 is 0.900 bits per heavy atom. The van der Waals surface area contributed by atoms with Crippen LogP contribution >= 0.6 is 0 Å². The number of hydrogen-bond acceptors (Lipinski definition) is 4. The number of ether oxygens (including phenoxy) is 1. The van der Waals surface area contributed by atoms with Crippen LogP contribution in [0.1, 0.15) is 11.1 Å². The molecule has 0 bridgehead atoms. The first-order valence-electron chi connectivity index (χ1n) is 6.13. The zero-order valence-corrected chi connectivity index (χ0v) is 12.0. The monoisotopic (exact) mass is 292 g/mol. The van der Waals surface area contributed by atoms with Crippen LogP contribution in [-0.2, 0) is 32.3 Å². The molecule has 0 fully saturated rings. The Bertz CT molecular complexity index is 651. The molecule has 0 aliphatic heterocycles. The van der Waals surface area contributed by atoms with Gasteiger partial charge < -0.3 is 4.74 Å². The Morgan fingerprint density at radius 2 is 1.55 bits per heavy atom. The summed E-state index contributed by atoms with van der Waals surface area (Å²) in [6.45, 7) is 0.494. The van der Waals surface area contributed by atoms with Gasteiger partial charge in [-0.1, -0.05) is 42.5 Å². The summed E-state index contributed by atoms with van der Waals surface area (Å²) in [6, 6.07) is 15.6. The molecule has 0 N–H and O–H groups in total. The minimum atomic E-state index is -3.71. The summed E-state index contributed by atoms with van der Waals surface area (Å²) in [6.07, 6.45) is 0.